The molecule has 1 N–H and O–H groups in total. The van der Waals surface area contributed by atoms with Crippen LogP contribution in [0.25, 0.3) is 16.9 Å². The second kappa shape index (κ2) is 3.96. The number of fused-ring (bicyclic) bond motifs is 1. The number of benzene rings is 1. The minimum Gasteiger partial charge on any atom is -0.497 e. The number of nitrogens with zero attached hydrogens (tertiary/aromatic N) is 1. The molecule has 2 heterocycles. The van der Waals surface area contributed by atoms with Crippen molar-refractivity contribution >= 4 is 22.6 Å². The number of ether oxygens (including phenoxy) is 1. The Morgan fingerprint density at radius 1 is 1.33 bits per heavy atom. The van der Waals surface area contributed by atoms with Gasteiger partial charge in [0, 0.05) is 12.1 Å². The highest BCUT2D eigenvalue weighted by Crippen LogP contribution is 2.22. The molecule has 0 aliphatic carbocycles. The van der Waals surface area contributed by atoms with Gasteiger partial charge in [0.15, 0.2) is 5.22 Å². The summed E-state index contributed by atoms with van der Waals surface area (Å²) >= 11 is 5.72. The molecule has 3 aromatic rings. The Hall–Kier alpha value is -2.14. The molecule has 0 aliphatic heterocycles. The van der Waals surface area contributed by atoms with Gasteiger partial charge in [-0.05, 0) is 29.8 Å². The maximum Gasteiger partial charge on any atom is 0.333 e. The van der Waals surface area contributed by atoms with Crippen LogP contribution >= 0.6 is 11.6 Å². The lowest BCUT2D eigenvalue weighted by Gasteiger charge is -2.00. The van der Waals surface area contributed by atoms with E-state index in [1.165, 1.54) is 4.57 Å². The zero-order valence-corrected chi connectivity index (χ0v) is 10.2. The van der Waals surface area contributed by atoms with Crippen LogP contribution < -0.4 is 10.4 Å². The van der Waals surface area contributed by atoms with Crippen LogP contribution in [0, 0.1) is 0 Å². The van der Waals surface area contributed by atoms with Gasteiger partial charge in [-0.25, -0.2) is 9.36 Å². The molecular weight excluding hydrogens is 256 g/mol. The highest BCUT2D eigenvalue weighted by molar-refractivity contribution is 6.28. The van der Waals surface area contributed by atoms with Crippen LogP contribution in [-0.2, 0) is 0 Å². The van der Waals surface area contributed by atoms with E-state index in [-0.39, 0.29) is 10.9 Å². The van der Waals surface area contributed by atoms with Gasteiger partial charge in [0.1, 0.15) is 5.75 Å². The molecule has 0 spiro atoms. The topological polar surface area (TPSA) is 60.2 Å². The maximum absolute atomic E-state index is 11.9. The Morgan fingerprint density at radius 3 is 2.83 bits per heavy atom. The fraction of sp³-hybridized carbons (Fsp3) is 0.0833. The molecule has 0 amide bonds. The molecule has 18 heavy (non-hydrogen) atoms. The van der Waals surface area contributed by atoms with Crippen LogP contribution in [-0.4, -0.2) is 16.7 Å². The van der Waals surface area contributed by atoms with E-state index < -0.39 is 0 Å². The molecular formula is C12H9ClN2O3. The first-order valence-corrected chi connectivity index (χ1v) is 5.61. The van der Waals surface area contributed by atoms with E-state index in [1.807, 2.05) is 0 Å². The smallest absolute Gasteiger partial charge is 0.333 e. The standard InChI is InChI=1S/C12H9ClN2O3/c1-17-7-2-3-9-8(6-7)14-12(16)15(9)11-5-4-10(13)18-11/h2-6H,1H3,(H,14,16). The number of aromatic nitrogens is 2. The van der Waals surface area contributed by atoms with E-state index in [4.69, 9.17) is 20.8 Å². The third kappa shape index (κ3) is 1.60. The first-order chi connectivity index (χ1) is 8.69. The lowest BCUT2D eigenvalue weighted by Crippen LogP contribution is -2.13. The summed E-state index contributed by atoms with van der Waals surface area (Å²) in [5.41, 5.74) is 1.09. The van der Waals surface area contributed by atoms with E-state index in [2.05, 4.69) is 4.98 Å². The number of H-pyrrole nitrogens is 1. The lowest BCUT2D eigenvalue weighted by atomic mass is 10.3. The van der Waals surface area contributed by atoms with E-state index in [0.29, 0.717) is 22.7 Å². The summed E-state index contributed by atoms with van der Waals surface area (Å²) in [4.78, 5) is 14.6. The van der Waals surface area contributed by atoms with Gasteiger partial charge in [-0.15, -0.1) is 0 Å². The Labute approximate surface area is 107 Å². The molecule has 0 radical (unpaired) electrons. The van der Waals surface area contributed by atoms with Crippen LogP contribution in [0.5, 0.6) is 5.75 Å². The average Bonchev–Trinajstić information content (AvgIpc) is 2.90. The monoisotopic (exact) mass is 264 g/mol. The Bertz CT molecular complexity index is 769. The lowest BCUT2D eigenvalue weighted by molar-refractivity contribution is 0.415. The maximum atomic E-state index is 11.9. The summed E-state index contributed by atoms with van der Waals surface area (Å²) in [7, 11) is 1.57. The van der Waals surface area contributed by atoms with Gasteiger partial charge in [-0.1, -0.05) is 0 Å². The quantitative estimate of drug-likeness (QED) is 0.774. The number of furan rings is 1. The molecule has 5 nitrogen and oxygen atoms in total. The third-order valence-corrected chi connectivity index (χ3v) is 2.87. The van der Waals surface area contributed by atoms with Crippen LogP contribution in [0.15, 0.2) is 39.5 Å². The Morgan fingerprint density at radius 2 is 2.17 bits per heavy atom. The third-order valence-electron chi connectivity index (χ3n) is 2.67. The minimum absolute atomic E-state index is 0.236. The van der Waals surface area contributed by atoms with E-state index >= 15 is 0 Å². The van der Waals surface area contributed by atoms with Gasteiger partial charge in [0.2, 0.25) is 5.88 Å². The Kier molecular flexibility index (Phi) is 2.41. The molecule has 0 bridgehead atoms. The van der Waals surface area contributed by atoms with Crippen molar-refractivity contribution < 1.29 is 9.15 Å². The zero-order valence-electron chi connectivity index (χ0n) is 9.44. The summed E-state index contributed by atoms with van der Waals surface area (Å²) in [5, 5.41) is 0.236. The number of nitrogens with one attached hydrogen (secondary N) is 1. The predicted octanol–water partition coefficient (Wildman–Crippen LogP) is 2.57. The van der Waals surface area contributed by atoms with E-state index in [0.717, 1.165) is 0 Å². The van der Waals surface area contributed by atoms with Gasteiger partial charge in [-0.2, -0.15) is 0 Å². The minimum atomic E-state index is -0.288. The van der Waals surface area contributed by atoms with Crippen molar-refractivity contribution in [3.05, 3.63) is 46.0 Å². The van der Waals surface area contributed by atoms with Gasteiger partial charge >= 0.3 is 5.69 Å². The van der Waals surface area contributed by atoms with Crippen molar-refractivity contribution in [2.24, 2.45) is 0 Å². The number of hydrogen-bond donors (Lipinski definition) is 1. The van der Waals surface area contributed by atoms with Crippen LogP contribution in [0.2, 0.25) is 5.22 Å². The van der Waals surface area contributed by atoms with Crippen molar-refractivity contribution in [1.82, 2.24) is 9.55 Å². The summed E-state index contributed by atoms with van der Waals surface area (Å²) < 4.78 is 11.8. The highest BCUT2D eigenvalue weighted by Gasteiger charge is 2.12. The molecule has 3 rings (SSSR count). The van der Waals surface area contributed by atoms with E-state index in [1.54, 1.807) is 37.4 Å². The molecule has 0 aliphatic rings. The van der Waals surface area contributed by atoms with Crippen molar-refractivity contribution in [3.63, 3.8) is 0 Å². The SMILES string of the molecule is COc1ccc2c(c1)[nH]c(=O)n2-c1ccc(Cl)o1. The summed E-state index contributed by atoms with van der Waals surface area (Å²) in [6, 6.07) is 8.53. The second-order valence-electron chi connectivity index (χ2n) is 3.73. The van der Waals surface area contributed by atoms with Crippen molar-refractivity contribution in [1.29, 1.82) is 0 Å². The number of rotatable bonds is 2. The molecule has 2 aromatic heterocycles. The molecule has 0 saturated carbocycles. The van der Waals surface area contributed by atoms with E-state index in [9.17, 15) is 4.79 Å². The van der Waals surface area contributed by atoms with Gasteiger partial charge in [-0.3, -0.25) is 0 Å². The first-order valence-electron chi connectivity index (χ1n) is 5.23. The summed E-state index contributed by atoms with van der Waals surface area (Å²) in [5.74, 6) is 1.05. The zero-order chi connectivity index (χ0) is 12.7. The number of halogens is 1. The fourth-order valence-corrected chi connectivity index (χ4v) is 2.00. The normalized spacial score (nSPS) is 11.0. The molecule has 0 atom stereocenters. The molecule has 6 heteroatoms. The molecule has 0 fully saturated rings. The Balaban J connectivity index is 2.29. The van der Waals surface area contributed by atoms with Crippen molar-refractivity contribution in [2.45, 2.75) is 0 Å². The van der Waals surface area contributed by atoms with Crippen LogP contribution in [0.4, 0.5) is 0 Å². The molecule has 1 aromatic carbocycles. The number of aromatic amines is 1. The molecule has 0 saturated heterocycles. The second-order valence-corrected chi connectivity index (χ2v) is 4.10. The number of methoxy groups -OCH3 is 1. The first kappa shape index (κ1) is 11.0. The molecule has 0 unspecified atom stereocenters. The number of hydrogen-bond acceptors (Lipinski definition) is 3. The summed E-state index contributed by atoms with van der Waals surface area (Å²) in [6.45, 7) is 0. The highest BCUT2D eigenvalue weighted by atomic mass is 35.5. The van der Waals surface area contributed by atoms with Gasteiger partial charge in [0.05, 0.1) is 18.1 Å². The fourth-order valence-electron chi connectivity index (χ4n) is 1.86. The van der Waals surface area contributed by atoms with Gasteiger partial charge in [0.25, 0.3) is 0 Å². The largest absolute Gasteiger partial charge is 0.497 e. The average molecular weight is 265 g/mol. The summed E-state index contributed by atoms with van der Waals surface area (Å²) in [6.07, 6.45) is 0. The van der Waals surface area contributed by atoms with Crippen LogP contribution in [0.1, 0.15) is 0 Å². The van der Waals surface area contributed by atoms with Crippen LogP contribution in [0.3, 0.4) is 0 Å². The molecule has 92 valence electrons. The number of imidazole rings is 1. The van der Waals surface area contributed by atoms with Gasteiger partial charge < -0.3 is 14.1 Å². The van der Waals surface area contributed by atoms with Crippen molar-refractivity contribution in [2.75, 3.05) is 7.11 Å². The van der Waals surface area contributed by atoms with Crippen molar-refractivity contribution in [3.8, 4) is 11.6 Å². The predicted molar refractivity (Wildman–Crippen MR) is 67.7 cm³/mol.